The van der Waals surface area contributed by atoms with E-state index in [9.17, 15) is 4.79 Å². The summed E-state index contributed by atoms with van der Waals surface area (Å²) in [5.41, 5.74) is 2.74. The van der Waals surface area contributed by atoms with Crippen molar-refractivity contribution in [2.45, 2.75) is 19.1 Å². The molecule has 4 rings (SSSR count). The lowest BCUT2D eigenvalue weighted by Gasteiger charge is -2.13. The van der Waals surface area contributed by atoms with Crippen molar-refractivity contribution in [1.29, 1.82) is 0 Å². The summed E-state index contributed by atoms with van der Waals surface area (Å²) in [5.74, 6) is 2.60. The number of amides is 1. The fourth-order valence-electron chi connectivity index (χ4n) is 3.71. The van der Waals surface area contributed by atoms with Crippen molar-refractivity contribution in [2.24, 2.45) is 0 Å². The van der Waals surface area contributed by atoms with Crippen LogP contribution in [0.15, 0.2) is 46.9 Å². The minimum atomic E-state index is -0.306. The van der Waals surface area contributed by atoms with E-state index in [1.807, 2.05) is 30.3 Å². The van der Waals surface area contributed by atoms with Crippen LogP contribution >= 0.6 is 11.6 Å². The first-order chi connectivity index (χ1) is 15.5. The standard InChI is InChI=1S/C24H24ClNO6/c1-28-13-17-5-7-22(31-17)24(27)26-12-18-9-15-8-14(10-20(25)23(15)32-18)19-11-16(29-2)4-6-21(19)30-3/h4-8,10-11,18H,9,12-13H2,1-3H3,(H,26,27)/t18-/m1/s1. The van der Waals surface area contributed by atoms with Crippen LogP contribution < -0.4 is 19.5 Å². The van der Waals surface area contributed by atoms with Gasteiger partial charge in [0.2, 0.25) is 0 Å². The van der Waals surface area contributed by atoms with Crippen LogP contribution in [0.2, 0.25) is 5.02 Å². The molecule has 32 heavy (non-hydrogen) atoms. The Morgan fingerprint density at radius 1 is 1.12 bits per heavy atom. The van der Waals surface area contributed by atoms with E-state index in [1.54, 1.807) is 33.5 Å². The molecule has 1 N–H and O–H groups in total. The Morgan fingerprint density at radius 3 is 2.72 bits per heavy atom. The molecule has 0 bridgehead atoms. The third-order valence-electron chi connectivity index (χ3n) is 5.23. The maximum atomic E-state index is 12.4. The monoisotopic (exact) mass is 457 g/mol. The van der Waals surface area contributed by atoms with Gasteiger partial charge in [0.1, 0.15) is 35.7 Å². The van der Waals surface area contributed by atoms with Crippen molar-refractivity contribution in [3.05, 3.63) is 64.6 Å². The normalized spacial score (nSPS) is 14.6. The highest BCUT2D eigenvalue weighted by Crippen LogP contribution is 2.42. The van der Waals surface area contributed by atoms with Crippen LogP contribution in [0.25, 0.3) is 11.1 Å². The topological polar surface area (TPSA) is 79.2 Å². The largest absolute Gasteiger partial charge is 0.497 e. The highest BCUT2D eigenvalue weighted by molar-refractivity contribution is 6.32. The van der Waals surface area contributed by atoms with Gasteiger partial charge in [-0.25, -0.2) is 0 Å². The van der Waals surface area contributed by atoms with E-state index in [0.717, 1.165) is 28.2 Å². The molecule has 0 aliphatic carbocycles. The molecule has 0 radical (unpaired) electrons. The van der Waals surface area contributed by atoms with Crippen LogP contribution in [0, 0.1) is 0 Å². The molecule has 0 spiro atoms. The van der Waals surface area contributed by atoms with Gasteiger partial charge < -0.3 is 28.7 Å². The molecule has 0 saturated heterocycles. The molecule has 0 saturated carbocycles. The molecular formula is C24H24ClNO6. The molecule has 8 heteroatoms. The van der Waals surface area contributed by atoms with Crippen molar-refractivity contribution in [3.8, 4) is 28.4 Å². The average molecular weight is 458 g/mol. The second-order valence-electron chi connectivity index (χ2n) is 7.37. The Balaban J connectivity index is 1.47. The quantitative estimate of drug-likeness (QED) is 0.536. The lowest BCUT2D eigenvalue weighted by atomic mass is 9.99. The fourth-order valence-corrected chi connectivity index (χ4v) is 3.99. The molecule has 1 aliphatic rings. The summed E-state index contributed by atoms with van der Waals surface area (Å²) in [6, 6.07) is 12.8. The first-order valence-corrected chi connectivity index (χ1v) is 10.5. The van der Waals surface area contributed by atoms with E-state index in [0.29, 0.717) is 36.1 Å². The molecule has 2 aromatic carbocycles. The maximum Gasteiger partial charge on any atom is 0.287 e. The number of nitrogens with one attached hydrogen (secondary N) is 1. The molecule has 0 fully saturated rings. The number of methoxy groups -OCH3 is 3. The summed E-state index contributed by atoms with van der Waals surface area (Å²) < 4.78 is 27.3. The minimum Gasteiger partial charge on any atom is -0.497 e. The van der Waals surface area contributed by atoms with E-state index in [-0.39, 0.29) is 17.8 Å². The van der Waals surface area contributed by atoms with E-state index in [4.69, 9.17) is 35.0 Å². The summed E-state index contributed by atoms with van der Waals surface area (Å²) in [4.78, 5) is 12.4. The number of benzene rings is 2. The Hall–Kier alpha value is -3.16. The van der Waals surface area contributed by atoms with Crippen LogP contribution in [0.5, 0.6) is 17.2 Å². The predicted molar refractivity (Wildman–Crippen MR) is 120 cm³/mol. The zero-order valence-corrected chi connectivity index (χ0v) is 18.8. The number of halogens is 1. The number of rotatable bonds is 8. The number of hydrogen-bond acceptors (Lipinski definition) is 6. The summed E-state index contributed by atoms with van der Waals surface area (Å²) >= 11 is 6.54. The fraction of sp³-hybridized carbons (Fsp3) is 0.292. The smallest absolute Gasteiger partial charge is 0.287 e. The van der Waals surface area contributed by atoms with Crippen LogP contribution in [0.1, 0.15) is 21.9 Å². The molecule has 1 atom stereocenters. The van der Waals surface area contributed by atoms with Gasteiger partial charge in [-0.05, 0) is 48.0 Å². The van der Waals surface area contributed by atoms with E-state index < -0.39 is 0 Å². The van der Waals surface area contributed by atoms with Gasteiger partial charge in [0.25, 0.3) is 5.91 Å². The van der Waals surface area contributed by atoms with Crippen molar-refractivity contribution >= 4 is 17.5 Å². The molecule has 1 aromatic heterocycles. The van der Waals surface area contributed by atoms with Gasteiger partial charge in [-0.15, -0.1) is 0 Å². The molecule has 7 nitrogen and oxygen atoms in total. The molecule has 2 heterocycles. The third-order valence-corrected chi connectivity index (χ3v) is 5.51. The van der Waals surface area contributed by atoms with Crippen LogP contribution in [0.4, 0.5) is 0 Å². The lowest BCUT2D eigenvalue weighted by molar-refractivity contribution is 0.0897. The first-order valence-electron chi connectivity index (χ1n) is 10.1. The van der Waals surface area contributed by atoms with Gasteiger partial charge >= 0.3 is 0 Å². The summed E-state index contributed by atoms with van der Waals surface area (Å²) in [5, 5.41) is 3.36. The SMILES string of the molecule is COCc1ccc(C(=O)NC[C@H]2Cc3cc(-c4cc(OC)ccc4OC)cc(Cl)c3O2)o1. The molecular weight excluding hydrogens is 434 g/mol. The van der Waals surface area contributed by atoms with Gasteiger partial charge in [-0.2, -0.15) is 0 Å². The third kappa shape index (κ3) is 4.54. The maximum absolute atomic E-state index is 12.4. The molecule has 1 aliphatic heterocycles. The van der Waals surface area contributed by atoms with E-state index in [1.165, 1.54) is 0 Å². The summed E-state index contributed by atoms with van der Waals surface area (Å²) in [7, 11) is 4.81. The zero-order valence-electron chi connectivity index (χ0n) is 18.1. The molecule has 3 aromatic rings. The number of fused-ring (bicyclic) bond motifs is 1. The average Bonchev–Trinajstić information content (AvgIpc) is 3.44. The highest BCUT2D eigenvalue weighted by atomic mass is 35.5. The minimum absolute atomic E-state index is 0.234. The zero-order chi connectivity index (χ0) is 22.7. The Labute approximate surface area is 191 Å². The Bertz CT molecular complexity index is 1130. The van der Waals surface area contributed by atoms with Crippen LogP contribution in [0.3, 0.4) is 0 Å². The van der Waals surface area contributed by atoms with Gasteiger partial charge in [0, 0.05) is 24.7 Å². The number of carbonyl (C=O) groups excluding carboxylic acids is 1. The van der Waals surface area contributed by atoms with Crippen LogP contribution in [-0.4, -0.2) is 39.9 Å². The van der Waals surface area contributed by atoms with Gasteiger partial charge in [-0.3, -0.25) is 4.79 Å². The molecule has 168 valence electrons. The van der Waals surface area contributed by atoms with Crippen molar-refractivity contribution in [3.63, 3.8) is 0 Å². The highest BCUT2D eigenvalue weighted by Gasteiger charge is 2.27. The Morgan fingerprint density at radius 2 is 1.97 bits per heavy atom. The van der Waals surface area contributed by atoms with Crippen molar-refractivity contribution in [2.75, 3.05) is 27.9 Å². The van der Waals surface area contributed by atoms with E-state index >= 15 is 0 Å². The predicted octanol–water partition coefficient (Wildman–Crippen LogP) is 4.50. The first kappa shape index (κ1) is 22.0. The van der Waals surface area contributed by atoms with Gasteiger partial charge in [0.15, 0.2) is 5.76 Å². The number of hydrogen-bond donors (Lipinski definition) is 1. The van der Waals surface area contributed by atoms with Gasteiger partial charge in [-0.1, -0.05) is 11.6 Å². The van der Waals surface area contributed by atoms with Crippen LogP contribution in [-0.2, 0) is 17.8 Å². The molecule has 0 unspecified atom stereocenters. The summed E-state index contributed by atoms with van der Waals surface area (Å²) in [6.07, 6.45) is 0.380. The van der Waals surface area contributed by atoms with Gasteiger partial charge in [0.05, 0.1) is 25.8 Å². The second-order valence-corrected chi connectivity index (χ2v) is 7.77. The Kier molecular flexibility index (Phi) is 6.58. The van der Waals surface area contributed by atoms with Crippen molar-refractivity contribution in [1.82, 2.24) is 5.32 Å². The lowest BCUT2D eigenvalue weighted by Crippen LogP contribution is -2.34. The van der Waals surface area contributed by atoms with E-state index in [2.05, 4.69) is 5.32 Å². The van der Waals surface area contributed by atoms with Crippen molar-refractivity contribution < 1.29 is 28.2 Å². The number of furan rings is 1. The second kappa shape index (κ2) is 9.54. The number of ether oxygens (including phenoxy) is 4. The molecule has 1 amide bonds. The number of carbonyl (C=O) groups is 1. The summed E-state index contributed by atoms with van der Waals surface area (Å²) in [6.45, 7) is 0.634.